The number of fused-ring (bicyclic) bond motifs is 7. The molecule has 1 aliphatic rings. The summed E-state index contributed by atoms with van der Waals surface area (Å²) in [5, 5.41) is 7.69. The molecule has 0 bridgehead atoms. The summed E-state index contributed by atoms with van der Waals surface area (Å²) in [5.41, 5.74) is 15.2. The molecule has 0 saturated carbocycles. The molecule has 0 radical (unpaired) electrons. The van der Waals surface area contributed by atoms with Gasteiger partial charge >= 0.3 is 0 Å². The lowest BCUT2D eigenvalue weighted by Gasteiger charge is -2.20. The van der Waals surface area contributed by atoms with Gasteiger partial charge in [-0.2, -0.15) is 0 Å². The summed E-state index contributed by atoms with van der Waals surface area (Å²) >= 11 is 0. The first-order valence-electron chi connectivity index (χ1n) is 16.7. The predicted molar refractivity (Wildman–Crippen MR) is 205 cm³/mol. The molecule has 9 aromatic rings. The van der Waals surface area contributed by atoms with E-state index in [2.05, 4.69) is 182 Å². The molecule has 0 spiro atoms. The van der Waals surface area contributed by atoms with E-state index in [1.807, 2.05) is 0 Å². The van der Waals surface area contributed by atoms with Gasteiger partial charge in [0.05, 0.1) is 0 Å². The van der Waals surface area contributed by atoms with Gasteiger partial charge in [0, 0.05) is 0 Å². The van der Waals surface area contributed by atoms with Crippen LogP contribution in [0.5, 0.6) is 0 Å². The van der Waals surface area contributed by atoms with Gasteiger partial charge in [0.25, 0.3) is 0 Å². The highest BCUT2D eigenvalue weighted by atomic mass is 14.3. The first-order chi connectivity index (χ1) is 23.8. The zero-order valence-corrected chi connectivity index (χ0v) is 26.3. The summed E-state index contributed by atoms with van der Waals surface area (Å²) in [5.74, 6) is 0. The van der Waals surface area contributed by atoms with Crippen LogP contribution in [0.3, 0.4) is 0 Å². The third kappa shape index (κ3) is 3.96. The maximum Gasteiger partial charge on any atom is -0.00201 e. The smallest absolute Gasteiger partial charge is 0.00201 e. The molecule has 48 heavy (non-hydrogen) atoms. The minimum atomic E-state index is 1.23. The van der Waals surface area contributed by atoms with Gasteiger partial charge in [0.1, 0.15) is 0 Å². The number of hydrogen-bond acceptors (Lipinski definition) is 0. The van der Waals surface area contributed by atoms with Crippen molar-refractivity contribution in [3.63, 3.8) is 0 Å². The topological polar surface area (TPSA) is 0 Å². The van der Waals surface area contributed by atoms with Crippen molar-refractivity contribution in [2.75, 3.05) is 0 Å². The highest BCUT2D eigenvalue weighted by Gasteiger charge is 2.24. The fourth-order valence-corrected chi connectivity index (χ4v) is 8.17. The maximum atomic E-state index is 2.40. The predicted octanol–water partition coefficient (Wildman–Crippen LogP) is 13.5. The maximum absolute atomic E-state index is 2.40. The van der Waals surface area contributed by atoms with Crippen molar-refractivity contribution in [2.45, 2.75) is 0 Å². The molecule has 1 aliphatic carbocycles. The van der Waals surface area contributed by atoms with Gasteiger partial charge in [-0.1, -0.05) is 176 Å². The third-order valence-corrected chi connectivity index (χ3v) is 10.2. The molecule has 0 fully saturated rings. The third-order valence-electron chi connectivity index (χ3n) is 10.2. The molecular weight excluding hydrogens is 577 g/mol. The van der Waals surface area contributed by atoms with Gasteiger partial charge in [-0.3, -0.25) is 0 Å². The molecule has 0 N–H and O–H groups in total. The van der Waals surface area contributed by atoms with Crippen LogP contribution in [0.25, 0.3) is 99.1 Å². The van der Waals surface area contributed by atoms with E-state index in [4.69, 9.17) is 0 Å². The fourth-order valence-electron chi connectivity index (χ4n) is 8.17. The minimum Gasteiger partial charge on any atom is -0.0622 e. The van der Waals surface area contributed by atoms with Crippen molar-refractivity contribution in [1.29, 1.82) is 0 Å². The van der Waals surface area contributed by atoms with E-state index in [-0.39, 0.29) is 0 Å². The van der Waals surface area contributed by atoms with E-state index in [1.54, 1.807) is 0 Å². The molecule has 0 aliphatic heterocycles. The van der Waals surface area contributed by atoms with Crippen LogP contribution >= 0.6 is 0 Å². The van der Waals surface area contributed by atoms with Crippen molar-refractivity contribution in [3.8, 4) is 66.8 Å². The summed E-state index contributed by atoms with van der Waals surface area (Å²) in [4.78, 5) is 0. The molecule has 0 unspecified atom stereocenters. The molecule has 10 rings (SSSR count). The Morgan fingerprint density at radius 2 is 0.646 bits per heavy atom. The molecule has 222 valence electrons. The van der Waals surface area contributed by atoms with Gasteiger partial charge in [-0.15, -0.1) is 0 Å². The van der Waals surface area contributed by atoms with Crippen LogP contribution in [0.15, 0.2) is 182 Å². The molecule has 0 atom stereocenters. The Morgan fingerprint density at radius 1 is 0.208 bits per heavy atom. The highest BCUT2D eigenvalue weighted by molar-refractivity contribution is 6.25. The SMILES string of the molecule is c1ccc(-c2ccc3c(c2)-c2ccc(-c4c5ccccc5c(-c5ccccc5)c5ccccc45)c4cccc(c24)-c2ccccc2-3)cc1. The standard InChI is InChI=1S/C48H30/c1-3-14-31(15-4-1)33-26-27-36-34-18-7-8-19-35(34)37-24-13-25-42-43(28-29-44(47(37)42)45(36)30-33)48-40-22-11-9-20-38(40)46(32-16-5-2-6-17-32)39-21-10-12-23-41(39)48/h1-30H. The Bertz CT molecular complexity index is 2640. The average molecular weight is 607 g/mol. The molecule has 0 saturated heterocycles. The van der Waals surface area contributed by atoms with E-state index >= 15 is 0 Å². The quantitative estimate of drug-likeness (QED) is 0.176. The summed E-state index contributed by atoms with van der Waals surface area (Å²) in [6, 6.07) is 67.1. The summed E-state index contributed by atoms with van der Waals surface area (Å²) in [6.45, 7) is 0. The lowest BCUT2D eigenvalue weighted by atomic mass is 9.83. The van der Waals surface area contributed by atoms with Crippen molar-refractivity contribution < 1.29 is 0 Å². The van der Waals surface area contributed by atoms with Crippen LogP contribution in [0, 0.1) is 0 Å². The van der Waals surface area contributed by atoms with Crippen LogP contribution in [0.1, 0.15) is 0 Å². The van der Waals surface area contributed by atoms with E-state index in [0.717, 1.165) is 0 Å². The lowest BCUT2D eigenvalue weighted by molar-refractivity contribution is 1.59. The van der Waals surface area contributed by atoms with Crippen molar-refractivity contribution in [1.82, 2.24) is 0 Å². The molecule has 9 aromatic carbocycles. The highest BCUT2D eigenvalue weighted by Crippen LogP contribution is 2.52. The van der Waals surface area contributed by atoms with E-state index < -0.39 is 0 Å². The van der Waals surface area contributed by atoms with E-state index in [9.17, 15) is 0 Å². The summed E-state index contributed by atoms with van der Waals surface area (Å²) in [7, 11) is 0. The first kappa shape index (κ1) is 26.9. The number of hydrogen-bond donors (Lipinski definition) is 0. The van der Waals surface area contributed by atoms with Gasteiger partial charge in [0.2, 0.25) is 0 Å². The normalized spacial score (nSPS) is 11.8. The zero-order chi connectivity index (χ0) is 31.6. The van der Waals surface area contributed by atoms with E-state index in [1.165, 1.54) is 99.1 Å². The molecule has 0 heteroatoms. The van der Waals surface area contributed by atoms with Crippen LogP contribution in [-0.2, 0) is 0 Å². The lowest BCUT2D eigenvalue weighted by Crippen LogP contribution is -1.93. The molecule has 0 aromatic heterocycles. The van der Waals surface area contributed by atoms with Crippen LogP contribution in [0.2, 0.25) is 0 Å². The Morgan fingerprint density at radius 3 is 1.31 bits per heavy atom. The molecule has 0 nitrogen and oxygen atoms in total. The number of rotatable bonds is 3. The molecule has 0 heterocycles. The molecular formula is C48H30. The minimum absolute atomic E-state index is 1.23. The van der Waals surface area contributed by atoms with Crippen molar-refractivity contribution >= 4 is 32.3 Å². The summed E-state index contributed by atoms with van der Waals surface area (Å²) in [6.07, 6.45) is 0. The second kappa shape index (κ2) is 10.7. The van der Waals surface area contributed by atoms with Crippen LogP contribution < -0.4 is 0 Å². The van der Waals surface area contributed by atoms with Crippen LogP contribution in [0.4, 0.5) is 0 Å². The summed E-state index contributed by atoms with van der Waals surface area (Å²) < 4.78 is 0. The monoisotopic (exact) mass is 606 g/mol. The van der Waals surface area contributed by atoms with Gasteiger partial charge in [-0.25, -0.2) is 0 Å². The second-order valence-electron chi connectivity index (χ2n) is 12.8. The van der Waals surface area contributed by atoms with Gasteiger partial charge < -0.3 is 0 Å². The average Bonchev–Trinajstić information content (AvgIpc) is 3.28. The Balaban J connectivity index is 1.33. The molecule has 0 amide bonds. The Labute approximate surface area is 280 Å². The second-order valence-corrected chi connectivity index (χ2v) is 12.8. The Hall–Kier alpha value is -6.24. The van der Waals surface area contributed by atoms with Crippen LogP contribution in [-0.4, -0.2) is 0 Å². The zero-order valence-electron chi connectivity index (χ0n) is 26.3. The van der Waals surface area contributed by atoms with Gasteiger partial charge in [-0.05, 0) is 105 Å². The van der Waals surface area contributed by atoms with E-state index in [0.29, 0.717) is 0 Å². The largest absolute Gasteiger partial charge is 0.0622 e. The fraction of sp³-hybridized carbons (Fsp3) is 0. The van der Waals surface area contributed by atoms with Crippen molar-refractivity contribution in [2.24, 2.45) is 0 Å². The number of benzene rings is 9. The van der Waals surface area contributed by atoms with Gasteiger partial charge in [0.15, 0.2) is 0 Å². The first-order valence-corrected chi connectivity index (χ1v) is 16.7. The Kier molecular flexibility index (Phi) is 5.98. The van der Waals surface area contributed by atoms with Crippen molar-refractivity contribution in [3.05, 3.63) is 182 Å².